The van der Waals surface area contributed by atoms with Crippen LogP contribution in [0.2, 0.25) is 5.02 Å². The molecule has 7 heteroatoms. The molecule has 1 fully saturated rings. The van der Waals surface area contributed by atoms with Crippen LogP contribution in [0.1, 0.15) is 19.8 Å². The maximum atomic E-state index is 11.8. The van der Waals surface area contributed by atoms with Crippen LogP contribution in [0.25, 0.3) is 0 Å². The second-order valence-electron chi connectivity index (χ2n) is 4.85. The molecule has 0 radical (unpaired) electrons. The Kier molecular flexibility index (Phi) is 5.41. The first-order valence-electron chi connectivity index (χ1n) is 6.78. The number of halogens is 1. The van der Waals surface area contributed by atoms with Crippen molar-refractivity contribution in [3.8, 4) is 0 Å². The quantitative estimate of drug-likeness (QED) is 0.799. The van der Waals surface area contributed by atoms with E-state index in [2.05, 4.69) is 16.0 Å². The number of amides is 3. The first kappa shape index (κ1) is 15.6. The Morgan fingerprint density at radius 1 is 1.38 bits per heavy atom. The minimum absolute atomic E-state index is 0.0911. The summed E-state index contributed by atoms with van der Waals surface area (Å²) in [5, 5.41) is 8.38. The van der Waals surface area contributed by atoms with E-state index in [0.29, 0.717) is 22.9 Å². The summed E-state index contributed by atoms with van der Waals surface area (Å²) < 4.78 is 5.42. The first-order chi connectivity index (χ1) is 10.0. The summed E-state index contributed by atoms with van der Waals surface area (Å²) in [7, 11) is 0. The van der Waals surface area contributed by atoms with Crippen molar-refractivity contribution < 1.29 is 14.3 Å². The second kappa shape index (κ2) is 7.28. The number of carbonyl (C=O) groups is 2. The van der Waals surface area contributed by atoms with Crippen LogP contribution < -0.4 is 16.0 Å². The van der Waals surface area contributed by atoms with E-state index < -0.39 is 0 Å². The van der Waals surface area contributed by atoms with Gasteiger partial charge in [0.15, 0.2) is 0 Å². The molecule has 21 heavy (non-hydrogen) atoms. The van der Waals surface area contributed by atoms with Crippen molar-refractivity contribution in [1.29, 1.82) is 0 Å². The van der Waals surface area contributed by atoms with E-state index in [1.54, 1.807) is 18.2 Å². The molecular weight excluding hydrogens is 294 g/mol. The molecule has 3 amide bonds. The Bertz CT molecular complexity index is 530. The van der Waals surface area contributed by atoms with Crippen molar-refractivity contribution in [2.45, 2.75) is 25.9 Å². The van der Waals surface area contributed by atoms with E-state index >= 15 is 0 Å². The molecule has 2 rings (SSSR count). The summed E-state index contributed by atoms with van der Waals surface area (Å²) in [4.78, 5) is 22.7. The highest BCUT2D eigenvalue weighted by Crippen LogP contribution is 2.25. The van der Waals surface area contributed by atoms with Gasteiger partial charge in [-0.1, -0.05) is 11.6 Å². The van der Waals surface area contributed by atoms with Crippen LogP contribution in [-0.4, -0.2) is 31.2 Å². The molecule has 3 N–H and O–H groups in total. The molecule has 1 atom stereocenters. The van der Waals surface area contributed by atoms with Gasteiger partial charge in [-0.2, -0.15) is 0 Å². The van der Waals surface area contributed by atoms with Crippen LogP contribution >= 0.6 is 11.6 Å². The zero-order chi connectivity index (χ0) is 15.2. The lowest BCUT2D eigenvalue weighted by molar-refractivity contribution is -0.114. The van der Waals surface area contributed by atoms with Gasteiger partial charge in [0.05, 0.1) is 16.8 Å². The van der Waals surface area contributed by atoms with Crippen molar-refractivity contribution in [2.24, 2.45) is 0 Å². The highest BCUT2D eigenvalue weighted by Gasteiger charge is 2.16. The molecule has 0 saturated carbocycles. The fourth-order valence-electron chi connectivity index (χ4n) is 2.08. The molecule has 1 aliphatic rings. The van der Waals surface area contributed by atoms with Gasteiger partial charge >= 0.3 is 6.03 Å². The number of benzene rings is 1. The fraction of sp³-hybridized carbons (Fsp3) is 0.429. The minimum atomic E-state index is -0.334. The lowest BCUT2D eigenvalue weighted by Gasteiger charge is -2.13. The van der Waals surface area contributed by atoms with Crippen molar-refractivity contribution in [3.63, 3.8) is 0 Å². The first-order valence-corrected chi connectivity index (χ1v) is 7.16. The third-order valence-corrected chi connectivity index (χ3v) is 3.36. The Morgan fingerprint density at radius 2 is 2.19 bits per heavy atom. The summed E-state index contributed by atoms with van der Waals surface area (Å²) in [5.41, 5.74) is 1.06. The highest BCUT2D eigenvalue weighted by atomic mass is 35.5. The molecule has 1 aliphatic heterocycles. The van der Waals surface area contributed by atoms with Crippen LogP contribution in [0.5, 0.6) is 0 Å². The summed E-state index contributed by atoms with van der Waals surface area (Å²) >= 11 is 6.07. The third kappa shape index (κ3) is 4.91. The van der Waals surface area contributed by atoms with Gasteiger partial charge in [-0.3, -0.25) is 4.79 Å². The van der Waals surface area contributed by atoms with Crippen molar-refractivity contribution in [3.05, 3.63) is 23.2 Å². The van der Waals surface area contributed by atoms with Crippen molar-refractivity contribution >= 4 is 34.9 Å². The van der Waals surface area contributed by atoms with Gasteiger partial charge in [-0.25, -0.2) is 4.79 Å². The van der Waals surface area contributed by atoms with E-state index in [1.165, 1.54) is 6.92 Å². The lowest BCUT2D eigenvalue weighted by atomic mass is 10.2. The number of hydrogen-bond acceptors (Lipinski definition) is 3. The summed E-state index contributed by atoms with van der Waals surface area (Å²) in [6.07, 6.45) is 2.09. The smallest absolute Gasteiger partial charge is 0.319 e. The number of ether oxygens (including phenoxy) is 1. The Labute approximate surface area is 128 Å². The average molecular weight is 312 g/mol. The van der Waals surface area contributed by atoms with Gasteiger partial charge in [0.25, 0.3) is 0 Å². The molecule has 1 saturated heterocycles. The maximum absolute atomic E-state index is 11.8. The standard InChI is InChI=1S/C14H18ClN3O3/c1-9(19)17-10-4-5-13(12(15)7-10)18-14(20)16-8-11-3-2-6-21-11/h4-5,7,11H,2-3,6,8H2,1H3,(H,17,19)(H2,16,18,20). The average Bonchev–Trinajstić information content (AvgIpc) is 2.92. The lowest BCUT2D eigenvalue weighted by Crippen LogP contribution is -2.35. The van der Waals surface area contributed by atoms with Crippen molar-refractivity contribution in [2.75, 3.05) is 23.8 Å². The molecule has 0 aromatic heterocycles. The molecule has 1 heterocycles. The predicted octanol–water partition coefficient (Wildman–Crippen LogP) is 2.60. The molecule has 6 nitrogen and oxygen atoms in total. The van der Waals surface area contributed by atoms with Crippen LogP contribution in [0.15, 0.2) is 18.2 Å². The highest BCUT2D eigenvalue weighted by molar-refractivity contribution is 6.34. The zero-order valence-corrected chi connectivity index (χ0v) is 12.5. The van der Waals surface area contributed by atoms with Gasteiger partial charge in [0, 0.05) is 25.8 Å². The fourth-order valence-corrected chi connectivity index (χ4v) is 2.30. The molecule has 0 aliphatic carbocycles. The van der Waals surface area contributed by atoms with E-state index in [0.717, 1.165) is 19.4 Å². The van der Waals surface area contributed by atoms with Crippen LogP contribution in [-0.2, 0) is 9.53 Å². The SMILES string of the molecule is CC(=O)Nc1ccc(NC(=O)NCC2CCCO2)c(Cl)c1. The van der Waals surface area contributed by atoms with Crippen LogP contribution in [0.3, 0.4) is 0 Å². The number of hydrogen-bond donors (Lipinski definition) is 3. The Hall–Kier alpha value is -1.79. The number of nitrogens with one attached hydrogen (secondary N) is 3. The van der Waals surface area contributed by atoms with Gasteiger partial charge in [-0.05, 0) is 31.0 Å². The summed E-state index contributed by atoms with van der Waals surface area (Å²) in [6.45, 7) is 2.65. The van der Waals surface area contributed by atoms with Gasteiger partial charge < -0.3 is 20.7 Å². The van der Waals surface area contributed by atoms with Gasteiger partial charge in [-0.15, -0.1) is 0 Å². The molecule has 0 bridgehead atoms. The maximum Gasteiger partial charge on any atom is 0.319 e. The Balaban J connectivity index is 1.86. The van der Waals surface area contributed by atoms with Crippen LogP contribution in [0, 0.1) is 0 Å². The molecular formula is C14H18ClN3O3. The third-order valence-electron chi connectivity index (χ3n) is 3.05. The van der Waals surface area contributed by atoms with E-state index in [9.17, 15) is 9.59 Å². The number of anilines is 2. The number of carbonyl (C=O) groups excluding carboxylic acids is 2. The largest absolute Gasteiger partial charge is 0.376 e. The minimum Gasteiger partial charge on any atom is -0.376 e. The summed E-state index contributed by atoms with van der Waals surface area (Å²) in [5.74, 6) is -0.180. The zero-order valence-electron chi connectivity index (χ0n) is 11.7. The topological polar surface area (TPSA) is 79.5 Å². The summed E-state index contributed by atoms with van der Waals surface area (Å²) in [6, 6.07) is 4.56. The van der Waals surface area contributed by atoms with Crippen LogP contribution in [0.4, 0.5) is 16.2 Å². The molecule has 1 unspecified atom stereocenters. The molecule has 0 spiro atoms. The normalized spacial score (nSPS) is 17.3. The molecule has 114 valence electrons. The monoisotopic (exact) mass is 311 g/mol. The van der Waals surface area contributed by atoms with E-state index in [4.69, 9.17) is 16.3 Å². The Morgan fingerprint density at radius 3 is 2.81 bits per heavy atom. The van der Waals surface area contributed by atoms with E-state index in [1.807, 2.05) is 0 Å². The number of urea groups is 1. The predicted molar refractivity (Wildman–Crippen MR) is 81.8 cm³/mol. The van der Waals surface area contributed by atoms with Crippen molar-refractivity contribution in [1.82, 2.24) is 5.32 Å². The van der Waals surface area contributed by atoms with Gasteiger partial charge in [0.2, 0.25) is 5.91 Å². The van der Waals surface area contributed by atoms with E-state index in [-0.39, 0.29) is 18.0 Å². The molecule has 1 aromatic carbocycles. The second-order valence-corrected chi connectivity index (χ2v) is 5.25. The number of rotatable bonds is 4. The van der Waals surface area contributed by atoms with Gasteiger partial charge in [0.1, 0.15) is 0 Å². The molecule has 1 aromatic rings.